The smallest absolute Gasteiger partial charge is 0.155 e. The molecule has 0 unspecified atom stereocenters. The third kappa shape index (κ3) is 2.48. The zero-order chi connectivity index (χ0) is 18.4. The van der Waals surface area contributed by atoms with Crippen molar-refractivity contribution in [2.75, 3.05) is 5.73 Å². The average Bonchev–Trinajstić information content (AvgIpc) is 3.16. The van der Waals surface area contributed by atoms with E-state index in [0.717, 1.165) is 33.2 Å². The summed E-state index contributed by atoms with van der Waals surface area (Å²) in [6.45, 7) is 0. The van der Waals surface area contributed by atoms with Gasteiger partial charge in [-0.1, -0.05) is 0 Å². The molecule has 27 heavy (non-hydrogen) atoms. The van der Waals surface area contributed by atoms with Gasteiger partial charge in [-0.15, -0.1) is 0 Å². The minimum Gasteiger partial charge on any atom is -0.383 e. The Bertz CT molecular complexity index is 1290. The first-order valence-electron chi connectivity index (χ1n) is 8.30. The van der Waals surface area contributed by atoms with Gasteiger partial charge in [0, 0.05) is 34.5 Å². The maximum atomic E-state index is 13.4. The summed E-state index contributed by atoms with van der Waals surface area (Å²) in [5, 5.41) is 4.97. The number of pyridine rings is 3. The van der Waals surface area contributed by atoms with Crippen LogP contribution < -0.4 is 5.73 Å². The molecule has 0 saturated heterocycles. The molecule has 0 aliphatic heterocycles. The summed E-state index contributed by atoms with van der Waals surface area (Å²) in [7, 11) is 0. The summed E-state index contributed by atoms with van der Waals surface area (Å²) >= 11 is 0. The molecule has 7 heteroatoms. The van der Waals surface area contributed by atoms with E-state index >= 15 is 0 Å². The van der Waals surface area contributed by atoms with Gasteiger partial charge in [-0.05, 0) is 48.5 Å². The molecule has 0 atom stereocenters. The number of hydrogen-bond donors (Lipinski definition) is 1. The maximum absolute atomic E-state index is 13.4. The van der Waals surface area contributed by atoms with Gasteiger partial charge in [0.15, 0.2) is 5.65 Å². The van der Waals surface area contributed by atoms with Gasteiger partial charge in [-0.3, -0.25) is 4.98 Å². The molecule has 2 N–H and O–H groups in total. The van der Waals surface area contributed by atoms with E-state index in [9.17, 15) is 4.39 Å². The van der Waals surface area contributed by atoms with Gasteiger partial charge in [0.1, 0.15) is 18.0 Å². The van der Waals surface area contributed by atoms with Gasteiger partial charge in [-0.2, -0.15) is 5.10 Å². The van der Waals surface area contributed by atoms with Gasteiger partial charge in [-0.25, -0.2) is 18.9 Å². The third-order valence-corrected chi connectivity index (χ3v) is 4.47. The maximum Gasteiger partial charge on any atom is 0.155 e. The van der Waals surface area contributed by atoms with E-state index in [-0.39, 0.29) is 5.82 Å². The number of aromatic nitrogens is 5. The lowest BCUT2D eigenvalue weighted by Gasteiger charge is -2.14. The lowest BCUT2D eigenvalue weighted by molar-refractivity contribution is 0.628. The van der Waals surface area contributed by atoms with Crippen LogP contribution in [0, 0.1) is 5.82 Å². The molecule has 0 spiro atoms. The van der Waals surface area contributed by atoms with E-state index in [4.69, 9.17) is 5.73 Å². The highest BCUT2D eigenvalue weighted by atomic mass is 19.1. The van der Waals surface area contributed by atoms with E-state index in [1.54, 1.807) is 22.8 Å². The van der Waals surface area contributed by atoms with Crippen molar-refractivity contribution >= 4 is 22.4 Å². The molecule has 130 valence electrons. The van der Waals surface area contributed by atoms with Crippen LogP contribution >= 0.6 is 0 Å². The van der Waals surface area contributed by atoms with Crippen LogP contribution in [-0.2, 0) is 0 Å². The Morgan fingerprint density at radius 3 is 2.59 bits per heavy atom. The molecule has 0 fully saturated rings. The summed E-state index contributed by atoms with van der Waals surface area (Å²) in [4.78, 5) is 13.3. The van der Waals surface area contributed by atoms with Gasteiger partial charge >= 0.3 is 0 Å². The highest BCUT2D eigenvalue weighted by Gasteiger charge is 2.17. The summed E-state index contributed by atoms with van der Waals surface area (Å²) in [5.74, 6) is 0.0687. The van der Waals surface area contributed by atoms with Crippen LogP contribution in [0.3, 0.4) is 0 Å². The molecule has 0 aliphatic carbocycles. The second kappa shape index (κ2) is 5.84. The summed E-state index contributed by atoms with van der Waals surface area (Å²) in [5.41, 5.74) is 10.7. The zero-order valence-electron chi connectivity index (χ0n) is 14.0. The molecule has 0 amide bonds. The zero-order valence-corrected chi connectivity index (χ0v) is 14.0. The molecule has 0 radical (unpaired) electrons. The van der Waals surface area contributed by atoms with Crippen molar-refractivity contribution < 1.29 is 4.39 Å². The highest BCUT2D eigenvalue weighted by molar-refractivity contribution is 6.04. The van der Waals surface area contributed by atoms with Crippen molar-refractivity contribution in [2.24, 2.45) is 0 Å². The molecular weight excluding hydrogens is 343 g/mol. The van der Waals surface area contributed by atoms with E-state index < -0.39 is 0 Å². The molecule has 5 rings (SSSR count). The number of hydrogen-bond acceptors (Lipinski definition) is 5. The number of fused-ring (bicyclic) bond motifs is 2. The number of nitrogens with zero attached hydrogens (tertiary/aromatic N) is 5. The van der Waals surface area contributed by atoms with E-state index in [0.29, 0.717) is 11.5 Å². The van der Waals surface area contributed by atoms with Gasteiger partial charge in [0.2, 0.25) is 0 Å². The van der Waals surface area contributed by atoms with Crippen LogP contribution in [0.15, 0.2) is 67.3 Å². The largest absolute Gasteiger partial charge is 0.383 e. The van der Waals surface area contributed by atoms with Gasteiger partial charge < -0.3 is 5.73 Å². The Balaban J connectivity index is 1.88. The van der Waals surface area contributed by atoms with Crippen molar-refractivity contribution in [3.05, 3.63) is 73.1 Å². The number of benzene rings is 1. The molecule has 0 aliphatic rings. The van der Waals surface area contributed by atoms with E-state index in [2.05, 4.69) is 20.1 Å². The Hall–Kier alpha value is -3.87. The average molecular weight is 356 g/mol. The van der Waals surface area contributed by atoms with Crippen LogP contribution in [0.5, 0.6) is 0 Å². The summed E-state index contributed by atoms with van der Waals surface area (Å²) in [6, 6.07) is 13.7. The number of rotatable bonds is 2. The standard InChI is InChI=1S/C20H13FN6/c21-14-6-3-12(4-7-14)18-17(13-5-8-16-24-11-25-27(16)10-13)19-15(20(22)26-18)2-1-9-23-19/h1-11H,(H2,22,26). The fraction of sp³-hybridized carbons (Fsp3) is 0. The second-order valence-electron chi connectivity index (χ2n) is 6.11. The predicted molar refractivity (Wildman–Crippen MR) is 101 cm³/mol. The molecule has 4 heterocycles. The Morgan fingerprint density at radius 1 is 0.926 bits per heavy atom. The number of nitrogens with two attached hydrogens (primary N) is 1. The minimum absolute atomic E-state index is 0.309. The molecule has 1 aromatic carbocycles. The Kier molecular flexibility index (Phi) is 3.33. The highest BCUT2D eigenvalue weighted by Crippen LogP contribution is 2.37. The number of nitrogen functional groups attached to an aromatic ring is 1. The van der Waals surface area contributed by atoms with Crippen LogP contribution in [0.1, 0.15) is 0 Å². The van der Waals surface area contributed by atoms with Crippen LogP contribution in [0.25, 0.3) is 38.9 Å². The molecule has 4 aromatic heterocycles. The van der Waals surface area contributed by atoms with Crippen molar-refractivity contribution in [2.45, 2.75) is 0 Å². The fourth-order valence-electron chi connectivity index (χ4n) is 3.21. The van der Waals surface area contributed by atoms with Crippen molar-refractivity contribution in [3.8, 4) is 22.4 Å². The Labute approximate surface area is 153 Å². The SMILES string of the molecule is Nc1nc(-c2ccc(F)cc2)c(-c2ccc3ncnn3c2)c2ncccc12. The van der Waals surface area contributed by atoms with Gasteiger partial charge in [0.05, 0.1) is 11.2 Å². The molecule has 6 nitrogen and oxygen atoms in total. The normalized spacial score (nSPS) is 11.3. The number of anilines is 1. The quantitative estimate of drug-likeness (QED) is 0.521. The fourth-order valence-corrected chi connectivity index (χ4v) is 3.21. The lowest BCUT2D eigenvalue weighted by Crippen LogP contribution is -2.00. The molecule has 0 bridgehead atoms. The minimum atomic E-state index is -0.309. The van der Waals surface area contributed by atoms with E-state index in [1.165, 1.54) is 18.5 Å². The summed E-state index contributed by atoms with van der Waals surface area (Å²) < 4.78 is 15.1. The van der Waals surface area contributed by atoms with Gasteiger partial charge in [0.25, 0.3) is 0 Å². The molecular formula is C20H13FN6. The summed E-state index contributed by atoms with van der Waals surface area (Å²) in [6.07, 6.45) is 5.09. The Morgan fingerprint density at radius 2 is 1.74 bits per heavy atom. The third-order valence-electron chi connectivity index (χ3n) is 4.47. The lowest BCUT2D eigenvalue weighted by atomic mass is 9.97. The second-order valence-corrected chi connectivity index (χ2v) is 6.11. The van der Waals surface area contributed by atoms with E-state index in [1.807, 2.05) is 30.5 Å². The van der Waals surface area contributed by atoms with Crippen LogP contribution in [0.2, 0.25) is 0 Å². The van der Waals surface area contributed by atoms with Crippen molar-refractivity contribution in [1.29, 1.82) is 0 Å². The number of halogens is 1. The van der Waals surface area contributed by atoms with Crippen LogP contribution in [-0.4, -0.2) is 24.6 Å². The molecule has 0 saturated carbocycles. The molecule has 5 aromatic rings. The van der Waals surface area contributed by atoms with Crippen molar-refractivity contribution in [1.82, 2.24) is 24.6 Å². The topological polar surface area (TPSA) is 82.0 Å². The van der Waals surface area contributed by atoms with Crippen LogP contribution in [0.4, 0.5) is 10.2 Å². The predicted octanol–water partition coefficient (Wildman–Crippen LogP) is 3.73. The van der Waals surface area contributed by atoms with Crippen molar-refractivity contribution in [3.63, 3.8) is 0 Å². The monoisotopic (exact) mass is 356 g/mol. The first-order valence-corrected chi connectivity index (χ1v) is 8.30. The first kappa shape index (κ1) is 15.4. The first-order chi connectivity index (χ1) is 13.2.